The van der Waals surface area contributed by atoms with E-state index < -0.39 is 0 Å². The van der Waals surface area contributed by atoms with E-state index in [2.05, 4.69) is 42.6 Å². The van der Waals surface area contributed by atoms with Gasteiger partial charge in [-0.3, -0.25) is 0 Å². The van der Waals surface area contributed by atoms with E-state index in [-0.39, 0.29) is 0 Å². The zero-order valence-corrected chi connectivity index (χ0v) is 16.2. The number of fused-ring (bicyclic) bond motifs is 1. The molecule has 6 nitrogen and oxygen atoms in total. The van der Waals surface area contributed by atoms with Crippen molar-refractivity contribution in [3.63, 3.8) is 0 Å². The Morgan fingerprint density at radius 1 is 1.15 bits per heavy atom. The monoisotopic (exact) mass is 366 g/mol. The van der Waals surface area contributed by atoms with Gasteiger partial charge in [0, 0.05) is 30.3 Å². The summed E-state index contributed by atoms with van der Waals surface area (Å²) >= 11 is 0. The van der Waals surface area contributed by atoms with Crippen molar-refractivity contribution in [1.82, 2.24) is 14.6 Å². The maximum atomic E-state index is 5.43. The molecule has 0 aliphatic carbocycles. The summed E-state index contributed by atoms with van der Waals surface area (Å²) in [6.45, 7) is 10.2. The van der Waals surface area contributed by atoms with Gasteiger partial charge in [0.15, 0.2) is 5.65 Å². The second-order valence-electron chi connectivity index (χ2n) is 7.24. The Hall–Kier alpha value is -2.44. The Bertz CT molecular complexity index is 900. The predicted octanol–water partition coefficient (Wildman–Crippen LogP) is 1.73. The van der Waals surface area contributed by atoms with Gasteiger partial charge in [-0.2, -0.15) is 9.61 Å². The summed E-state index contributed by atoms with van der Waals surface area (Å²) in [7, 11) is 0. The molecule has 0 spiro atoms. The number of nitrogens with zero attached hydrogens (tertiary/aromatic N) is 3. The van der Waals surface area contributed by atoms with E-state index in [0.717, 1.165) is 73.2 Å². The van der Waals surface area contributed by atoms with E-state index in [4.69, 9.17) is 14.8 Å². The molecule has 6 heteroatoms. The number of anilines is 1. The minimum Gasteiger partial charge on any atom is -0.370 e. The van der Waals surface area contributed by atoms with E-state index in [1.54, 1.807) is 4.90 Å². The third-order valence-electron chi connectivity index (χ3n) is 5.17. The number of nitrogens with one attached hydrogen (secondary N) is 2. The summed E-state index contributed by atoms with van der Waals surface area (Å²) in [5.74, 6) is 1.01. The number of benzene rings is 1. The predicted molar refractivity (Wildman–Crippen MR) is 107 cm³/mol. The van der Waals surface area contributed by atoms with E-state index in [1.165, 1.54) is 6.54 Å². The number of aryl methyl sites for hydroxylation is 2. The first-order valence-electron chi connectivity index (χ1n) is 9.80. The number of rotatable bonds is 6. The lowest BCUT2D eigenvalue weighted by atomic mass is 10.1. The average molecular weight is 366 g/mol. The Labute approximate surface area is 160 Å². The third-order valence-corrected chi connectivity index (χ3v) is 5.17. The molecule has 4 rings (SSSR count). The van der Waals surface area contributed by atoms with Crippen molar-refractivity contribution in [2.24, 2.45) is 0 Å². The van der Waals surface area contributed by atoms with Gasteiger partial charge < -0.3 is 15.0 Å². The van der Waals surface area contributed by atoms with Crippen molar-refractivity contribution in [3.8, 4) is 11.1 Å². The fourth-order valence-electron chi connectivity index (χ4n) is 3.78. The summed E-state index contributed by atoms with van der Waals surface area (Å²) in [6.07, 6.45) is 1.13. The minimum absolute atomic E-state index is 0.891. The zero-order chi connectivity index (χ0) is 18.6. The first kappa shape index (κ1) is 17.9. The highest BCUT2D eigenvalue weighted by Crippen LogP contribution is 2.28. The van der Waals surface area contributed by atoms with Crippen LogP contribution in [0.5, 0.6) is 0 Å². The second-order valence-corrected chi connectivity index (χ2v) is 7.24. The van der Waals surface area contributed by atoms with Crippen LogP contribution in [-0.2, 0) is 4.74 Å². The molecule has 0 unspecified atom stereocenters. The molecule has 0 amide bonds. The molecule has 3 heterocycles. The van der Waals surface area contributed by atoms with E-state index in [1.807, 2.05) is 17.5 Å². The molecule has 0 bridgehead atoms. The fourth-order valence-corrected chi connectivity index (χ4v) is 3.78. The molecular formula is C21H28N5O+. The van der Waals surface area contributed by atoms with Crippen LogP contribution in [0.3, 0.4) is 0 Å². The molecule has 27 heavy (non-hydrogen) atoms. The lowest BCUT2D eigenvalue weighted by Gasteiger charge is -2.23. The largest absolute Gasteiger partial charge is 0.370 e. The van der Waals surface area contributed by atoms with Crippen molar-refractivity contribution >= 4 is 11.5 Å². The van der Waals surface area contributed by atoms with Gasteiger partial charge in [-0.15, -0.1) is 0 Å². The van der Waals surface area contributed by atoms with Gasteiger partial charge in [0.05, 0.1) is 25.5 Å². The van der Waals surface area contributed by atoms with E-state index in [0.29, 0.717) is 0 Å². The maximum absolute atomic E-state index is 5.43. The number of morpholine rings is 1. The maximum Gasteiger partial charge on any atom is 0.165 e. The molecule has 2 N–H and O–H groups in total. The summed E-state index contributed by atoms with van der Waals surface area (Å²) in [5, 5.41) is 8.35. The van der Waals surface area contributed by atoms with Crippen LogP contribution in [0.15, 0.2) is 36.4 Å². The van der Waals surface area contributed by atoms with Gasteiger partial charge in [-0.25, -0.2) is 4.98 Å². The number of aromatic nitrogens is 3. The lowest BCUT2D eigenvalue weighted by Crippen LogP contribution is -3.14. The van der Waals surface area contributed by atoms with Gasteiger partial charge in [-0.05, 0) is 19.4 Å². The van der Waals surface area contributed by atoms with Crippen LogP contribution in [0.4, 0.5) is 5.82 Å². The molecule has 1 saturated heterocycles. The van der Waals surface area contributed by atoms with Crippen molar-refractivity contribution in [1.29, 1.82) is 0 Å². The van der Waals surface area contributed by atoms with Gasteiger partial charge in [0.1, 0.15) is 18.9 Å². The molecular weight excluding hydrogens is 338 g/mol. The Kier molecular flexibility index (Phi) is 5.36. The SMILES string of the molecule is Cc1cc(NCCC[NH+]2CCOCC2)n2nc(C)c(-c3ccccc3)c2n1. The van der Waals surface area contributed by atoms with Crippen LogP contribution in [0.2, 0.25) is 0 Å². The average Bonchev–Trinajstić information content (AvgIpc) is 3.02. The minimum atomic E-state index is 0.891. The highest BCUT2D eigenvalue weighted by molar-refractivity contribution is 5.80. The van der Waals surface area contributed by atoms with Crippen molar-refractivity contribution in [2.75, 3.05) is 44.7 Å². The lowest BCUT2D eigenvalue weighted by molar-refractivity contribution is -0.908. The molecule has 142 valence electrons. The zero-order valence-electron chi connectivity index (χ0n) is 16.2. The summed E-state index contributed by atoms with van der Waals surface area (Å²) < 4.78 is 7.38. The topological polar surface area (TPSA) is 55.9 Å². The highest BCUT2D eigenvalue weighted by Gasteiger charge is 2.16. The van der Waals surface area contributed by atoms with Crippen LogP contribution < -0.4 is 10.2 Å². The van der Waals surface area contributed by atoms with Crippen molar-refractivity contribution in [3.05, 3.63) is 47.8 Å². The molecule has 1 aliphatic heterocycles. The molecule has 1 fully saturated rings. The summed E-state index contributed by atoms with van der Waals surface area (Å²) in [5.41, 5.74) is 5.19. The first-order chi connectivity index (χ1) is 13.2. The van der Waals surface area contributed by atoms with Crippen LogP contribution in [-0.4, -0.2) is 54.0 Å². The van der Waals surface area contributed by atoms with Gasteiger partial charge in [0.2, 0.25) is 0 Å². The van der Waals surface area contributed by atoms with Gasteiger partial charge >= 0.3 is 0 Å². The standard InChI is InChI=1S/C21H27N5O/c1-16-15-19(22-9-6-10-25-11-13-27-14-12-25)26-21(23-16)20(17(2)24-26)18-7-4-3-5-8-18/h3-5,7-8,15,22H,6,9-14H2,1-2H3/p+1. The quantitative estimate of drug-likeness (QED) is 0.653. The number of quaternary nitrogens is 1. The second kappa shape index (κ2) is 8.06. The van der Waals surface area contributed by atoms with Crippen LogP contribution in [0.25, 0.3) is 16.8 Å². The number of ether oxygens (including phenoxy) is 1. The molecule has 0 saturated carbocycles. The van der Waals surface area contributed by atoms with E-state index in [9.17, 15) is 0 Å². The Morgan fingerprint density at radius 3 is 2.70 bits per heavy atom. The molecule has 2 aromatic heterocycles. The molecule has 1 aromatic carbocycles. The fraction of sp³-hybridized carbons (Fsp3) is 0.429. The van der Waals surface area contributed by atoms with Crippen molar-refractivity contribution in [2.45, 2.75) is 20.3 Å². The molecule has 0 radical (unpaired) electrons. The smallest absolute Gasteiger partial charge is 0.165 e. The normalized spacial score (nSPS) is 15.3. The number of hydrogen-bond acceptors (Lipinski definition) is 4. The Balaban J connectivity index is 1.53. The Morgan fingerprint density at radius 2 is 1.93 bits per heavy atom. The van der Waals surface area contributed by atoms with E-state index >= 15 is 0 Å². The highest BCUT2D eigenvalue weighted by atomic mass is 16.5. The van der Waals surface area contributed by atoms with Crippen LogP contribution in [0, 0.1) is 13.8 Å². The summed E-state index contributed by atoms with van der Waals surface area (Å²) in [6, 6.07) is 12.5. The van der Waals surface area contributed by atoms with Crippen LogP contribution >= 0.6 is 0 Å². The van der Waals surface area contributed by atoms with Gasteiger partial charge in [0.25, 0.3) is 0 Å². The first-order valence-corrected chi connectivity index (χ1v) is 9.80. The molecule has 3 aromatic rings. The molecule has 0 atom stereocenters. The third kappa shape index (κ3) is 3.96. The number of hydrogen-bond donors (Lipinski definition) is 2. The molecule has 1 aliphatic rings. The van der Waals surface area contributed by atoms with Gasteiger partial charge in [-0.1, -0.05) is 30.3 Å². The van der Waals surface area contributed by atoms with Crippen LogP contribution in [0.1, 0.15) is 17.8 Å². The van der Waals surface area contributed by atoms with Crippen molar-refractivity contribution < 1.29 is 9.64 Å². The summed E-state index contributed by atoms with van der Waals surface area (Å²) in [4.78, 5) is 6.42.